The molecule has 1 aliphatic heterocycles. The molecule has 6 nitrogen and oxygen atoms in total. The SMILES string of the molecule is CC1=C(C(=O)OCCc2ccccc2)C(c2coc3ccccc3c2=O)C2=C(CC(c3cccs3)CC2=O)N1. The first-order chi connectivity index (χ1) is 19.0. The predicted molar refractivity (Wildman–Crippen MR) is 150 cm³/mol. The van der Waals surface area contributed by atoms with Crippen LogP contribution in [0.5, 0.6) is 0 Å². The summed E-state index contributed by atoms with van der Waals surface area (Å²) in [7, 11) is 0. The van der Waals surface area contributed by atoms with E-state index in [4.69, 9.17) is 9.15 Å². The van der Waals surface area contributed by atoms with Crippen molar-refractivity contribution in [3.63, 3.8) is 0 Å². The Morgan fingerprint density at radius 3 is 2.62 bits per heavy atom. The molecular formula is C32H27NO5S. The zero-order valence-corrected chi connectivity index (χ0v) is 22.3. The largest absolute Gasteiger partial charge is 0.464 e. The molecule has 7 heteroatoms. The number of Topliss-reactive ketones (excluding diaryl/α,β-unsaturated/α-hetero) is 1. The van der Waals surface area contributed by atoms with Gasteiger partial charge in [-0.25, -0.2) is 4.79 Å². The quantitative estimate of drug-likeness (QED) is 0.304. The van der Waals surface area contributed by atoms with Gasteiger partial charge in [0, 0.05) is 46.2 Å². The summed E-state index contributed by atoms with van der Waals surface area (Å²) in [6, 6.07) is 20.8. The zero-order chi connectivity index (χ0) is 26.9. The third-order valence-electron chi connectivity index (χ3n) is 7.48. The van der Waals surface area contributed by atoms with Crippen molar-refractivity contribution in [2.24, 2.45) is 0 Å². The standard InChI is InChI=1S/C32H27NO5S/c1-19-28(32(36)37-14-13-20-8-3-2-4-9-20)29(23-18-38-26-11-6-5-10-22(26)31(23)35)30-24(33-19)16-21(17-25(30)34)27-12-7-15-39-27/h2-12,15,18,21,29,33H,13-14,16-17H2,1H3. The van der Waals surface area contributed by atoms with Crippen LogP contribution in [0, 0.1) is 0 Å². The lowest BCUT2D eigenvalue weighted by Crippen LogP contribution is -2.37. The highest BCUT2D eigenvalue weighted by molar-refractivity contribution is 7.10. The van der Waals surface area contributed by atoms with Crippen LogP contribution >= 0.6 is 11.3 Å². The van der Waals surface area contributed by atoms with Gasteiger partial charge in [0.2, 0.25) is 0 Å². The van der Waals surface area contributed by atoms with E-state index in [9.17, 15) is 14.4 Å². The second-order valence-electron chi connectivity index (χ2n) is 9.92. The van der Waals surface area contributed by atoms with Gasteiger partial charge in [-0.1, -0.05) is 48.5 Å². The number of esters is 1. The highest BCUT2D eigenvalue weighted by atomic mass is 32.1. The molecule has 0 bridgehead atoms. The number of nitrogens with one attached hydrogen (secondary N) is 1. The number of fused-ring (bicyclic) bond motifs is 1. The number of para-hydroxylation sites is 1. The lowest BCUT2D eigenvalue weighted by Gasteiger charge is -2.36. The second kappa shape index (κ2) is 10.5. The fraction of sp³-hybridized carbons (Fsp3) is 0.219. The third kappa shape index (κ3) is 4.74. The van der Waals surface area contributed by atoms with Gasteiger partial charge in [0.05, 0.1) is 29.7 Å². The Morgan fingerprint density at radius 1 is 1.03 bits per heavy atom. The van der Waals surface area contributed by atoms with Crippen LogP contribution in [0.2, 0.25) is 0 Å². The number of ketones is 1. The summed E-state index contributed by atoms with van der Waals surface area (Å²) in [5, 5.41) is 5.76. The Balaban J connectivity index is 1.40. The molecule has 2 aromatic carbocycles. The lowest BCUT2D eigenvalue weighted by molar-refractivity contribution is -0.139. The smallest absolute Gasteiger partial charge is 0.336 e. The van der Waals surface area contributed by atoms with Gasteiger partial charge in [0.25, 0.3) is 0 Å². The van der Waals surface area contributed by atoms with E-state index in [0.717, 1.165) is 16.1 Å². The van der Waals surface area contributed by atoms with Gasteiger partial charge >= 0.3 is 5.97 Å². The first-order valence-corrected chi connectivity index (χ1v) is 13.9. The normalized spacial score (nSPS) is 19.2. The van der Waals surface area contributed by atoms with E-state index in [1.807, 2.05) is 47.8 Å². The summed E-state index contributed by atoms with van der Waals surface area (Å²) in [5.74, 6) is -1.46. The number of ether oxygens (including phenoxy) is 1. The maximum Gasteiger partial charge on any atom is 0.336 e. The van der Waals surface area contributed by atoms with Crippen molar-refractivity contribution in [2.75, 3.05) is 6.61 Å². The van der Waals surface area contributed by atoms with Gasteiger partial charge in [-0.05, 0) is 42.5 Å². The lowest BCUT2D eigenvalue weighted by atomic mass is 9.73. The van der Waals surface area contributed by atoms with Crippen molar-refractivity contribution in [3.05, 3.63) is 127 Å². The molecule has 4 aromatic rings. The van der Waals surface area contributed by atoms with Crippen molar-refractivity contribution in [3.8, 4) is 0 Å². The van der Waals surface area contributed by atoms with Crippen molar-refractivity contribution in [2.45, 2.75) is 38.0 Å². The summed E-state index contributed by atoms with van der Waals surface area (Å²) < 4.78 is 11.6. The molecule has 2 aliphatic rings. The van der Waals surface area contributed by atoms with Crippen LogP contribution in [0.3, 0.4) is 0 Å². The number of carbonyl (C=O) groups is 2. The molecule has 1 aliphatic carbocycles. The fourth-order valence-electron chi connectivity index (χ4n) is 5.62. The van der Waals surface area contributed by atoms with E-state index in [-0.39, 0.29) is 34.9 Å². The molecule has 0 spiro atoms. The molecule has 0 saturated heterocycles. The van der Waals surface area contributed by atoms with Crippen molar-refractivity contribution in [1.29, 1.82) is 0 Å². The second-order valence-corrected chi connectivity index (χ2v) is 10.9. The van der Waals surface area contributed by atoms with E-state index in [1.165, 1.54) is 6.26 Å². The predicted octanol–water partition coefficient (Wildman–Crippen LogP) is 6.00. The van der Waals surface area contributed by atoms with E-state index in [0.29, 0.717) is 41.5 Å². The molecule has 1 N–H and O–H groups in total. The minimum atomic E-state index is -0.872. The average molecular weight is 538 g/mol. The maximum atomic E-state index is 13.8. The molecule has 0 saturated carbocycles. The van der Waals surface area contributed by atoms with Crippen LogP contribution in [0.4, 0.5) is 0 Å². The number of rotatable bonds is 6. The highest BCUT2D eigenvalue weighted by Gasteiger charge is 2.43. The van der Waals surface area contributed by atoms with Gasteiger partial charge in [0.1, 0.15) is 5.58 Å². The molecule has 2 atom stereocenters. The van der Waals surface area contributed by atoms with E-state index in [2.05, 4.69) is 5.32 Å². The third-order valence-corrected chi connectivity index (χ3v) is 8.51. The summed E-state index contributed by atoms with van der Waals surface area (Å²) in [5.41, 5.74) is 3.56. The van der Waals surface area contributed by atoms with Gasteiger partial charge in [-0.15, -0.1) is 11.3 Å². The molecule has 0 radical (unpaired) electrons. The molecular weight excluding hydrogens is 510 g/mol. The Bertz CT molecular complexity index is 1680. The van der Waals surface area contributed by atoms with Crippen LogP contribution in [0.15, 0.2) is 110 Å². The molecule has 2 aromatic heterocycles. The number of carbonyl (C=O) groups excluding carboxylic acids is 2. The number of hydrogen-bond acceptors (Lipinski definition) is 7. The summed E-state index contributed by atoms with van der Waals surface area (Å²) in [4.78, 5) is 42.3. The van der Waals surface area contributed by atoms with Crippen molar-refractivity contribution in [1.82, 2.24) is 5.32 Å². The van der Waals surface area contributed by atoms with Crippen LogP contribution < -0.4 is 10.7 Å². The van der Waals surface area contributed by atoms with Crippen LogP contribution in [0.1, 0.15) is 47.6 Å². The van der Waals surface area contributed by atoms with Gasteiger partial charge in [0.15, 0.2) is 11.2 Å². The fourth-order valence-corrected chi connectivity index (χ4v) is 6.45. The number of benzene rings is 2. The first-order valence-electron chi connectivity index (χ1n) is 13.0. The average Bonchev–Trinajstić information content (AvgIpc) is 3.48. The van der Waals surface area contributed by atoms with E-state index < -0.39 is 11.9 Å². The van der Waals surface area contributed by atoms with Crippen LogP contribution in [0.25, 0.3) is 11.0 Å². The Kier molecular flexibility index (Phi) is 6.75. The topological polar surface area (TPSA) is 85.6 Å². The van der Waals surface area contributed by atoms with Crippen LogP contribution in [-0.2, 0) is 20.7 Å². The van der Waals surface area contributed by atoms with Gasteiger partial charge in [-0.3, -0.25) is 9.59 Å². The Hall–Kier alpha value is -4.23. The van der Waals surface area contributed by atoms with Crippen molar-refractivity contribution >= 4 is 34.1 Å². The number of dihydropyridines is 1. The molecule has 196 valence electrons. The minimum Gasteiger partial charge on any atom is -0.464 e. The Labute approximate surface area is 229 Å². The van der Waals surface area contributed by atoms with E-state index >= 15 is 0 Å². The maximum absolute atomic E-state index is 13.8. The summed E-state index contributed by atoms with van der Waals surface area (Å²) in [6.07, 6.45) is 2.88. The highest BCUT2D eigenvalue weighted by Crippen LogP contribution is 2.45. The van der Waals surface area contributed by atoms with Crippen LogP contribution in [-0.4, -0.2) is 18.4 Å². The summed E-state index contributed by atoms with van der Waals surface area (Å²) >= 11 is 1.63. The molecule has 2 unspecified atom stereocenters. The zero-order valence-electron chi connectivity index (χ0n) is 21.4. The number of allylic oxidation sites excluding steroid dienone is 3. The molecule has 0 amide bonds. The number of thiophene rings is 1. The molecule has 39 heavy (non-hydrogen) atoms. The molecule has 0 fully saturated rings. The molecule has 3 heterocycles. The molecule has 6 rings (SSSR count). The van der Waals surface area contributed by atoms with Gasteiger partial charge in [-0.2, -0.15) is 0 Å². The first kappa shape index (κ1) is 25.1. The monoisotopic (exact) mass is 537 g/mol. The number of hydrogen-bond donors (Lipinski definition) is 1. The van der Waals surface area contributed by atoms with E-state index in [1.54, 1.807) is 42.5 Å². The Morgan fingerprint density at radius 2 is 1.82 bits per heavy atom. The minimum absolute atomic E-state index is 0.0459. The van der Waals surface area contributed by atoms with Crippen molar-refractivity contribution < 1.29 is 18.7 Å². The van der Waals surface area contributed by atoms with Gasteiger partial charge < -0.3 is 14.5 Å². The summed E-state index contributed by atoms with van der Waals surface area (Å²) in [6.45, 7) is 1.98.